The largest absolute Gasteiger partial charge is 1.00 e. The Labute approximate surface area is 255 Å². The van der Waals surface area contributed by atoms with E-state index in [2.05, 4.69) is 83.2 Å². The topological polar surface area (TPSA) is 0 Å². The quantitative estimate of drug-likeness (QED) is 0.279. The van der Waals surface area contributed by atoms with Crippen LogP contribution in [0.3, 0.4) is 0 Å². The number of halogens is 4. The van der Waals surface area contributed by atoms with E-state index in [1.54, 1.807) is 0 Å². The summed E-state index contributed by atoms with van der Waals surface area (Å²) in [5.41, 5.74) is 4.19. The second kappa shape index (κ2) is 23.8. The van der Waals surface area contributed by atoms with Crippen LogP contribution >= 0.6 is 19.4 Å². The van der Waals surface area contributed by atoms with Gasteiger partial charge in [0.15, 0.2) is 0 Å². The van der Waals surface area contributed by atoms with Crippen molar-refractivity contribution in [1.82, 2.24) is 0 Å². The summed E-state index contributed by atoms with van der Waals surface area (Å²) < 4.78 is 1.29. The normalized spacial score (nSPS) is 22.6. The van der Waals surface area contributed by atoms with E-state index in [0.29, 0.717) is 0 Å². The molecule has 3 aliphatic carbocycles. The molecule has 0 aromatic carbocycles. The van der Waals surface area contributed by atoms with E-state index in [1.807, 2.05) is 0 Å². The van der Waals surface area contributed by atoms with Crippen LogP contribution in [-0.2, 0) is 52.9 Å². The smallest absolute Gasteiger partial charge is 1.00 e. The first-order valence-corrected chi connectivity index (χ1v) is 15.8. The summed E-state index contributed by atoms with van der Waals surface area (Å²) >= 11 is -1.62. The predicted octanol–water partition coefficient (Wildman–Crippen LogP) is 3.91. The molecule has 0 saturated carbocycles. The third-order valence-electron chi connectivity index (χ3n) is 5.69. The number of hydrogen-bond donors (Lipinski definition) is 0. The van der Waals surface area contributed by atoms with Crippen LogP contribution in [0.5, 0.6) is 0 Å². The molecule has 0 bridgehead atoms. The van der Waals surface area contributed by atoms with Crippen LogP contribution < -0.4 is 24.8 Å². The van der Waals surface area contributed by atoms with Crippen LogP contribution in [0.25, 0.3) is 0 Å². The van der Waals surface area contributed by atoms with Crippen LogP contribution in [0.15, 0.2) is 69.5 Å². The predicted molar refractivity (Wildman–Crippen MR) is 130 cm³/mol. The molecule has 7 heteroatoms. The van der Waals surface area contributed by atoms with E-state index in [9.17, 15) is 0 Å². The van der Waals surface area contributed by atoms with Gasteiger partial charge in [0.1, 0.15) is 0 Å². The molecule has 0 aliphatic heterocycles. The van der Waals surface area contributed by atoms with Crippen molar-refractivity contribution in [1.29, 1.82) is 0 Å². The van der Waals surface area contributed by atoms with E-state index in [-0.39, 0.29) is 69.2 Å². The molecule has 0 aromatic rings. The fraction of sp³-hybridized carbons (Fsp3) is 0.538. The van der Waals surface area contributed by atoms with Gasteiger partial charge in [0, 0.05) is 0 Å². The van der Waals surface area contributed by atoms with Crippen molar-refractivity contribution in [3.8, 4) is 0 Å². The first-order valence-electron chi connectivity index (χ1n) is 10.8. The summed E-state index contributed by atoms with van der Waals surface area (Å²) in [6, 6.07) is 0. The van der Waals surface area contributed by atoms with Crippen molar-refractivity contribution >= 4 is 19.4 Å². The summed E-state index contributed by atoms with van der Waals surface area (Å²) in [6.45, 7) is 10.9. The Morgan fingerprint density at radius 2 is 0.818 bits per heavy atom. The zero-order valence-electron chi connectivity index (χ0n) is 20.3. The van der Waals surface area contributed by atoms with Gasteiger partial charge in [-0.15, -0.1) is 0 Å². The Morgan fingerprint density at radius 1 is 0.576 bits per heavy atom. The van der Waals surface area contributed by atoms with Crippen molar-refractivity contribution < 1.29 is 77.7 Å². The Hall–Kier alpha value is 1.47. The molecule has 0 fully saturated rings. The van der Waals surface area contributed by atoms with Gasteiger partial charge in [0.25, 0.3) is 0 Å². The molecule has 0 aromatic heterocycles. The van der Waals surface area contributed by atoms with Crippen molar-refractivity contribution in [2.45, 2.75) is 86.0 Å². The van der Waals surface area contributed by atoms with E-state index < -0.39 is 14.0 Å². The maximum atomic E-state index is 6.10. The van der Waals surface area contributed by atoms with Gasteiger partial charge < -0.3 is 24.8 Å². The fourth-order valence-electron chi connectivity index (χ4n) is 3.50. The van der Waals surface area contributed by atoms with Gasteiger partial charge in [-0.1, -0.05) is 48.6 Å². The van der Waals surface area contributed by atoms with Gasteiger partial charge in [-0.3, -0.25) is 0 Å². The SMILES string of the molecule is C1=C\CC/C=C\CC/1.C1=C\CC/C=C\CC/1.CC1=C(C)C(C)(C)[C]([Rh]([Cl])[Cl])=C1C.[Cl-].[Cl-].[Rh+].[Rh+]. The third-order valence-corrected chi connectivity index (χ3v) is 9.44. The van der Waals surface area contributed by atoms with Gasteiger partial charge in [-0.05, 0) is 51.4 Å². The van der Waals surface area contributed by atoms with Crippen molar-refractivity contribution in [3.63, 3.8) is 0 Å². The van der Waals surface area contributed by atoms with Gasteiger partial charge >= 0.3 is 133 Å². The average molecular weight is 802 g/mol. The fourth-order valence-corrected chi connectivity index (χ4v) is 8.33. The van der Waals surface area contributed by atoms with Crippen LogP contribution in [-0.4, -0.2) is 0 Å². The first-order chi connectivity index (χ1) is 13.8. The standard InChI is InChI=1S/C10H15.2C8H12.4ClH.3Rh/c1-7-6-10(4,5)9(3)8(7)2;2*1-2-4-6-8-7-5-3-1;;;;;;;/h1-5H3;2*1-2,7-8H,3-6H2;4*1H;;;/q;;;;;;;2*+1;+2/p-4/b;2*2-1-,8-7-;;;;;;;. The zero-order chi connectivity index (χ0) is 21.7. The van der Waals surface area contributed by atoms with Crippen LogP contribution in [0.1, 0.15) is 86.0 Å². The van der Waals surface area contributed by atoms with E-state index in [1.165, 1.54) is 72.3 Å². The molecule has 0 radical (unpaired) electrons. The minimum atomic E-state index is -1.62. The molecular weight excluding hydrogens is 763 g/mol. The molecule has 0 nitrogen and oxygen atoms in total. The second-order valence-electron chi connectivity index (χ2n) is 8.16. The molecule has 0 saturated heterocycles. The molecule has 0 amide bonds. The first kappa shape index (κ1) is 41.6. The van der Waals surface area contributed by atoms with Crippen LogP contribution in [0.2, 0.25) is 0 Å². The maximum Gasteiger partial charge on any atom is 1.00 e. The molecular formula is C26H39Cl4Rh3. The molecule has 3 rings (SSSR count). The van der Waals surface area contributed by atoms with E-state index in [4.69, 9.17) is 19.4 Å². The van der Waals surface area contributed by atoms with E-state index >= 15 is 0 Å². The molecule has 0 atom stereocenters. The monoisotopic (exact) mass is 800 g/mol. The van der Waals surface area contributed by atoms with Crippen molar-refractivity contribution in [2.24, 2.45) is 5.41 Å². The maximum absolute atomic E-state index is 6.10. The molecule has 0 unspecified atom stereocenters. The Kier molecular flexibility index (Phi) is 30.1. The minimum absolute atomic E-state index is 0. The molecule has 3 aliphatic rings. The Morgan fingerprint density at radius 3 is 0.939 bits per heavy atom. The molecule has 0 heterocycles. The zero-order valence-corrected chi connectivity index (χ0v) is 28.2. The third kappa shape index (κ3) is 16.0. The van der Waals surface area contributed by atoms with Gasteiger partial charge in [-0.2, -0.15) is 0 Å². The van der Waals surface area contributed by atoms with Crippen LogP contribution in [0.4, 0.5) is 0 Å². The van der Waals surface area contributed by atoms with Gasteiger partial charge in [0.05, 0.1) is 0 Å². The molecule has 198 valence electrons. The van der Waals surface area contributed by atoms with Gasteiger partial charge in [0.2, 0.25) is 0 Å². The van der Waals surface area contributed by atoms with Crippen LogP contribution in [0, 0.1) is 5.41 Å². The number of rotatable bonds is 1. The summed E-state index contributed by atoms with van der Waals surface area (Å²) in [5, 5.41) is 0. The number of allylic oxidation sites excluding steroid dienone is 12. The minimum Gasteiger partial charge on any atom is -1.00 e. The molecule has 33 heavy (non-hydrogen) atoms. The summed E-state index contributed by atoms with van der Waals surface area (Å²) in [7, 11) is 12.2. The van der Waals surface area contributed by atoms with Crippen molar-refractivity contribution in [2.75, 3.05) is 0 Å². The molecule has 0 spiro atoms. The Balaban J connectivity index is -0.000000187. The summed E-state index contributed by atoms with van der Waals surface area (Å²) in [6.07, 6.45) is 28.0. The Bertz CT molecular complexity index is 608. The summed E-state index contributed by atoms with van der Waals surface area (Å²) in [4.78, 5) is 0. The van der Waals surface area contributed by atoms with Crippen molar-refractivity contribution in [3.05, 3.63) is 69.5 Å². The average Bonchev–Trinajstić information content (AvgIpc) is 2.74. The second-order valence-corrected chi connectivity index (χ2v) is 13.6. The van der Waals surface area contributed by atoms with E-state index in [0.717, 1.165) is 0 Å². The summed E-state index contributed by atoms with van der Waals surface area (Å²) in [5.74, 6) is 0. The molecule has 0 N–H and O–H groups in total. The number of hydrogen-bond acceptors (Lipinski definition) is 0. The van der Waals surface area contributed by atoms with Gasteiger partial charge in [-0.25, -0.2) is 0 Å².